The Balaban J connectivity index is 1.76. The summed E-state index contributed by atoms with van der Waals surface area (Å²) in [6.07, 6.45) is 1.41. The highest BCUT2D eigenvalue weighted by Crippen LogP contribution is 2.32. The van der Waals surface area contributed by atoms with E-state index in [1.807, 2.05) is 0 Å². The van der Waals surface area contributed by atoms with Crippen LogP contribution in [-0.4, -0.2) is 40.6 Å². The number of nitrogens with one attached hydrogen (secondary N) is 1. The van der Waals surface area contributed by atoms with Gasteiger partial charge >= 0.3 is 5.97 Å². The number of carbonyl (C=O) groups excluding carboxylic acids is 2. The molecule has 0 heterocycles. The summed E-state index contributed by atoms with van der Waals surface area (Å²) in [7, 11) is -2.74. The van der Waals surface area contributed by atoms with Gasteiger partial charge in [0.1, 0.15) is 5.75 Å². The average molecular weight is 517 g/mol. The first kappa shape index (κ1) is 26.4. The van der Waals surface area contributed by atoms with Gasteiger partial charge < -0.3 is 14.8 Å². The molecule has 3 aromatic rings. The van der Waals surface area contributed by atoms with E-state index in [4.69, 9.17) is 9.47 Å². The van der Waals surface area contributed by atoms with Gasteiger partial charge in [0.2, 0.25) is 0 Å². The molecule has 36 heavy (non-hydrogen) atoms. The Morgan fingerprint density at radius 2 is 1.78 bits per heavy atom. The van der Waals surface area contributed by atoms with Gasteiger partial charge in [0.05, 0.1) is 29.8 Å². The van der Waals surface area contributed by atoms with Crippen molar-refractivity contribution in [2.75, 3.05) is 29.9 Å². The first-order valence-corrected chi connectivity index (χ1v) is 11.9. The predicted molar refractivity (Wildman–Crippen MR) is 129 cm³/mol. The number of methoxy groups -OCH3 is 1. The van der Waals surface area contributed by atoms with Crippen LogP contribution in [0.4, 0.5) is 20.2 Å². The minimum atomic E-state index is -4.16. The minimum Gasteiger partial charge on any atom is -0.495 e. The standard InChI is InChI=1S/C25H22F2N2O6S/c1-3-13-29(22-9-4-5-10-23(22)34-2)36(32,33)19-8-6-7-17(14-19)25(31)35-16-24(30)28-18-11-12-20(26)21(27)15-18/h3-12,14-15H,1,13,16H2,2H3,(H,28,30). The number of benzene rings is 3. The number of ether oxygens (including phenoxy) is 2. The Bertz CT molecular complexity index is 1390. The third-order valence-electron chi connectivity index (χ3n) is 4.84. The Labute approximate surface area is 206 Å². The summed E-state index contributed by atoms with van der Waals surface area (Å²) < 4.78 is 64.5. The molecule has 0 atom stereocenters. The number of rotatable bonds is 10. The van der Waals surface area contributed by atoms with E-state index in [1.54, 1.807) is 24.3 Å². The molecule has 0 saturated carbocycles. The summed E-state index contributed by atoms with van der Waals surface area (Å²) in [5.74, 6) is -3.66. The molecule has 11 heteroatoms. The topological polar surface area (TPSA) is 102 Å². The summed E-state index contributed by atoms with van der Waals surface area (Å²) >= 11 is 0. The monoisotopic (exact) mass is 516 g/mol. The molecule has 0 radical (unpaired) electrons. The van der Waals surface area contributed by atoms with E-state index in [-0.39, 0.29) is 28.4 Å². The number of nitrogens with zero attached hydrogens (tertiary/aromatic N) is 1. The van der Waals surface area contributed by atoms with Crippen LogP contribution >= 0.6 is 0 Å². The zero-order chi connectivity index (χ0) is 26.3. The van der Waals surface area contributed by atoms with Gasteiger partial charge in [-0.05, 0) is 42.5 Å². The molecule has 1 N–H and O–H groups in total. The maximum atomic E-state index is 13.4. The lowest BCUT2D eigenvalue weighted by atomic mass is 10.2. The molecule has 0 bridgehead atoms. The summed E-state index contributed by atoms with van der Waals surface area (Å²) in [5.41, 5.74) is 0.138. The van der Waals surface area contributed by atoms with Crippen molar-refractivity contribution in [2.24, 2.45) is 0 Å². The quantitative estimate of drug-likeness (QED) is 0.321. The van der Waals surface area contributed by atoms with Crippen LogP contribution in [0.5, 0.6) is 5.75 Å². The lowest BCUT2D eigenvalue weighted by molar-refractivity contribution is -0.119. The molecular weight excluding hydrogens is 494 g/mol. The second-order valence-electron chi connectivity index (χ2n) is 7.28. The first-order valence-electron chi connectivity index (χ1n) is 10.5. The zero-order valence-electron chi connectivity index (χ0n) is 19.1. The van der Waals surface area contributed by atoms with E-state index in [9.17, 15) is 26.8 Å². The van der Waals surface area contributed by atoms with Crippen molar-refractivity contribution in [3.63, 3.8) is 0 Å². The molecule has 0 unspecified atom stereocenters. The van der Waals surface area contributed by atoms with Gasteiger partial charge in [0, 0.05) is 11.8 Å². The van der Waals surface area contributed by atoms with Crippen molar-refractivity contribution in [1.82, 2.24) is 0 Å². The van der Waals surface area contributed by atoms with Crippen molar-refractivity contribution >= 4 is 33.3 Å². The summed E-state index contributed by atoms with van der Waals surface area (Å²) in [6.45, 7) is 2.81. The van der Waals surface area contributed by atoms with Crippen LogP contribution in [0.15, 0.2) is 84.3 Å². The van der Waals surface area contributed by atoms with Gasteiger partial charge in [-0.3, -0.25) is 9.10 Å². The molecule has 0 aliphatic rings. The smallest absolute Gasteiger partial charge is 0.338 e. The van der Waals surface area contributed by atoms with Crippen molar-refractivity contribution in [3.8, 4) is 5.75 Å². The number of hydrogen-bond donors (Lipinski definition) is 1. The largest absolute Gasteiger partial charge is 0.495 e. The molecule has 0 spiro atoms. The number of para-hydroxylation sites is 2. The molecule has 0 aliphatic heterocycles. The van der Waals surface area contributed by atoms with Crippen molar-refractivity contribution < 1.29 is 36.3 Å². The Morgan fingerprint density at radius 3 is 2.47 bits per heavy atom. The summed E-state index contributed by atoms with van der Waals surface area (Å²) in [5, 5.41) is 2.26. The van der Waals surface area contributed by atoms with E-state index in [2.05, 4.69) is 11.9 Å². The minimum absolute atomic E-state index is 0.0262. The van der Waals surface area contributed by atoms with Gasteiger partial charge in [-0.1, -0.05) is 24.3 Å². The Hall–Kier alpha value is -4.25. The number of anilines is 2. The van der Waals surface area contributed by atoms with Crippen LogP contribution in [0.2, 0.25) is 0 Å². The molecule has 0 saturated heterocycles. The maximum absolute atomic E-state index is 13.4. The van der Waals surface area contributed by atoms with Gasteiger partial charge in [-0.2, -0.15) is 0 Å². The van der Waals surface area contributed by atoms with Gasteiger partial charge in [0.15, 0.2) is 18.2 Å². The maximum Gasteiger partial charge on any atom is 0.338 e. The van der Waals surface area contributed by atoms with Crippen LogP contribution in [0, 0.1) is 11.6 Å². The zero-order valence-corrected chi connectivity index (χ0v) is 19.9. The fourth-order valence-corrected chi connectivity index (χ4v) is 4.67. The van der Waals surface area contributed by atoms with Gasteiger partial charge in [0.25, 0.3) is 15.9 Å². The molecule has 188 valence electrons. The highest BCUT2D eigenvalue weighted by atomic mass is 32.2. The average Bonchev–Trinajstić information content (AvgIpc) is 2.88. The van der Waals surface area contributed by atoms with E-state index in [1.165, 1.54) is 31.4 Å². The number of halogens is 2. The van der Waals surface area contributed by atoms with Gasteiger partial charge in [-0.25, -0.2) is 22.0 Å². The third-order valence-corrected chi connectivity index (χ3v) is 6.62. The number of hydrogen-bond acceptors (Lipinski definition) is 6. The molecule has 3 aromatic carbocycles. The van der Waals surface area contributed by atoms with E-state index < -0.39 is 40.1 Å². The van der Waals surface area contributed by atoms with E-state index in [0.29, 0.717) is 5.75 Å². The van der Waals surface area contributed by atoms with Crippen LogP contribution in [0.1, 0.15) is 10.4 Å². The molecular formula is C25H22F2N2O6S. The number of amides is 1. The van der Waals surface area contributed by atoms with Crippen molar-refractivity contribution in [3.05, 3.63) is 96.6 Å². The van der Waals surface area contributed by atoms with Crippen molar-refractivity contribution in [1.29, 1.82) is 0 Å². The lowest BCUT2D eigenvalue weighted by Gasteiger charge is -2.25. The Kier molecular flexibility index (Phi) is 8.38. The van der Waals surface area contributed by atoms with E-state index in [0.717, 1.165) is 28.6 Å². The highest BCUT2D eigenvalue weighted by molar-refractivity contribution is 7.92. The van der Waals surface area contributed by atoms with E-state index >= 15 is 0 Å². The molecule has 0 aliphatic carbocycles. The van der Waals surface area contributed by atoms with Crippen LogP contribution in [-0.2, 0) is 19.6 Å². The highest BCUT2D eigenvalue weighted by Gasteiger charge is 2.27. The normalized spacial score (nSPS) is 10.9. The molecule has 3 rings (SSSR count). The molecule has 0 aromatic heterocycles. The second-order valence-corrected chi connectivity index (χ2v) is 9.14. The van der Waals surface area contributed by atoms with Crippen molar-refractivity contribution in [2.45, 2.75) is 4.90 Å². The molecule has 1 amide bonds. The van der Waals surface area contributed by atoms with Gasteiger partial charge in [-0.15, -0.1) is 6.58 Å². The fraction of sp³-hybridized carbons (Fsp3) is 0.120. The molecule has 8 nitrogen and oxygen atoms in total. The SMILES string of the molecule is C=CCN(c1ccccc1OC)S(=O)(=O)c1cccc(C(=O)OCC(=O)Nc2ccc(F)c(F)c2)c1. The number of esters is 1. The van der Waals surface area contributed by atoms with Crippen LogP contribution in [0.3, 0.4) is 0 Å². The molecule has 0 fully saturated rings. The van der Waals surface area contributed by atoms with Crippen LogP contribution in [0.25, 0.3) is 0 Å². The third kappa shape index (κ3) is 6.05. The van der Waals surface area contributed by atoms with Crippen LogP contribution < -0.4 is 14.4 Å². The lowest BCUT2D eigenvalue weighted by Crippen LogP contribution is -2.31. The summed E-state index contributed by atoms with van der Waals surface area (Å²) in [4.78, 5) is 24.3. The first-order chi connectivity index (χ1) is 17.2. The second kappa shape index (κ2) is 11.5. The number of sulfonamides is 1. The predicted octanol–water partition coefficient (Wildman–Crippen LogP) is 4.15. The fourth-order valence-electron chi connectivity index (χ4n) is 3.18. The number of carbonyl (C=O) groups is 2. The summed E-state index contributed by atoms with van der Waals surface area (Å²) in [6, 6.07) is 14.4. The Morgan fingerprint density at radius 1 is 1.03 bits per heavy atom.